The number of carbonyl (C=O) groups is 1. The van der Waals surface area contributed by atoms with Gasteiger partial charge >= 0.3 is 6.03 Å². The van der Waals surface area contributed by atoms with Crippen molar-refractivity contribution in [2.75, 3.05) is 20.2 Å². The Kier molecular flexibility index (Phi) is 8.09. The van der Waals surface area contributed by atoms with E-state index in [0.717, 1.165) is 29.6 Å². The van der Waals surface area contributed by atoms with Crippen LogP contribution in [0, 0.1) is 5.92 Å². The number of carbonyl (C=O) groups excluding carboxylic acids is 1. The van der Waals surface area contributed by atoms with Gasteiger partial charge in [0, 0.05) is 36.2 Å². The Bertz CT molecular complexity index is 954. The maximum absolute atomic E-state index is 12.7. The molecule has 0 aliphatic heterocycles. The molecule has 0 fully saturated rings. The number of nitrogens with zero attached hydrogens (tertiary/aromatic N) is 1. The molecule has 0 aliphatic rings. The highest BCUT2D eigenvalue weighted by Crippen LogP contribution is 2.19. The smallest absolute Gasteiger partial charge is 0.315 e. The lowest BCUT2D eigenvalue weighted by Crippen LogP contribution is -2.52. The number of amides is 2. The predicted molar refractivity (Wildman–Crippen MR) is 126 cm³/mol. The van der Waals surface area contributed by atoms with Crippen LogP contribution in [0.25, 0.3) is 10.9 Å². The van der Waals surface area contributed by atoms with E-state index >= 15 is 0 Å². The van der Waals surface area contributed by atoms with Crippen molar-refractivity contribution in [1.82, 2.24) is 20.5 Å². The van der Waals surface area contributed by atoms with Gasteiger partial charge in [-0.15, -0.1) is 0 Å². The van der Waals surface area contributed by atoms with Gasteiger partial charge in [0.25, 0.3) is 0 Å². The van der Waals surface area contributed by atoms with Gasteiger partial charge in [0.2, 0.25) is 0 Å². The van der Waals surface area contributed by atoms with Crippen molar-refractivity contribution >= 4 is 16.9 Å². The van der Waals surface area contributed by atoms with Crippen molar-refractivity contribution < 1.29 is 9.90 Å². The Morgan fingerprint density at radius 1 is 1.06 bits per heavy atom. The number of H-pyrrole nitrogens is 1. The lowest BCUT2D eigenvalue weighted by molar-refractivity contribution is 0.201. The maximum atomic E-state index is 12.7. The number of aliphatic hydroxyl groups is 1. The first-order valence-corrected chi connectivity index (χ1v) is 10.9. The normalized spacial score (nSPS) is 13.5. The first-order chi connectivity index (χ1) is 15.0. The number of aliphatic hydroxyl groups excluding tert-OH is 1. The molecule has 31 heavy (non-hydrogen) atoms. The first kappa shape index (κ1) is 22.8. The fourth-order valence-corrected chi connectivity index (χ4v) is 3.84. The third kappa shape index (κ3) is 6.57. The molecule has 1 aromatic heterocycles. The number of para-hydroxylation sites is 1. The van der Waals surface area contributed by atoms with Crippen LogP contribution in [-0.4, -0.2) is 53.3 Å². The SMILES string of the molecule is CC(C)C(CN(C)Cc1ccccc1)NC(=O)NC(CO)Cc1c[nH]c2ccccc12. The number of fused-ring (bicyclic) bond motifs is 1. The standard InChI is InChI=1S/C25H34N4O2/c1-18(2)24(16-29(3)15-19-9-5-4-6-10-19)28-25(31)27-21(17-30)13-20-14-26-23-12-8-7-11-22(20)23/h4-12,14,18,21,24,26,30H,13,15-17H2,1-3H3,(H2,27,28,31). The van der Waals surface area contributed by atoms with Crippen LogP contribution in [0.4, 0.5) is 4.79 Å². The summed E-state index contributed by atoms with van der Waals surface area (Å²) in [5.41, 5.74) is 3.38. The van der Waals surface area contributed by atoms with Crippen molar-refractivity contribution in [1.29, 1.82) is 0 Å². The molecule has 6 nitrogen and oxygen atoms in total. The summed E-state index contributed by atoms with van der Waals surface area (Å²) in [6.07, 6.45) is 2.51. The summed E-state index contributed by atoms with van der Waals surface area (Å²) in [6, 6.07) is 17.8. The van der Waals surface area contributed by atoms with Crippen LogP contribution in [0.2, 0.25) is 0 Å². The minimum Gasteiger partial charge on any atom is -0.394 e. The summed E-state index contributed by atoms with van der Waals surface area (Å²) in [7, 11) is 2.06. The Balaban J connectivity index is 1.55. The van der Waals surface area contributed by atoms with Gasteiger partial charge in [0.1, 0.15) is 0 Å². The molecule has 0 radical (unpaired) electrons. The van der Waals surface area contributed by atoms with Gasteiger partial charge < -0.3 is 25.6 Å². The monoisotopic (exact) mass is 422 g/mol. The molecule has 0 saturated heterocycles. The molecule has 1 heterocycles. The Labute approximate surface area is 184 Å². The van der Waals surface area contributed by atoms with E-state index in [1.165, 1.54) is 5.56 Å². The summed E-state index contributed by atoms with van der Waals surface area (Å²) in [5.74, 6) is 0.283. The van der Waals surface area contributed by atoms with Crippen LogP contribution in [0.15, 0.2) is 60.8 Å². The van der Waals surface area contributed by atoms with E-state index in [4.69, 9.17) is 0 Å². The molecule has 2 aromatic carbocycles. The second-order valence-corrected chi connectivity index (χ2v) is 8.59. The molecular formula is C25H34N4O2. The van der Waals surface area contributed by atoms with Crippen molar-refractivity contribution in [3.05, 3.63) is 71.9 Å². The second-order valence-electron chi connectivity index (χ2n) is 8.59. The number of urea groups is 1. The molecule has 0 aliphatic carbocycles. The number of benzene rings is 2. The second kappa shape index (κ2) is 11.0. The van der Waals surface area contributed by atoms with Crippen LogP contribution in [-0.2, 0) is 13.0 Å². The molecule has 2 atom stereocenters. The van der Waals surface area contributed by atoms with Gasteiger partial charge in [0.15, 0.2) is 0 Å². The lowest BCUT2D eigenvalue weighted by atomic mass is 10.0. The van der Waals surface area contributed by atoms with E-state index < -0.39 is 0 Å². The molecule has 2 unspecified atom stereocenters. The molecular weight excluding hydrogens is 388 g/mol. The highest BCUT2D eigenvalue weighted by molar-refractivity contribution is 5.83. The zero-order valence-electron chi connectivity index (χ0n) is 18.6. The number of aromatic amines is 1. The van der Waals surface area contributed by atoms with E-state index in [2.05, 4.69) is 53.5 Å². The Hall–Kier alpha value is -2.83. The van der Waals surface area contributed by atoms with Gasteiger partial charge in [-0.05, 0) is 36.6 Å². The van der Waals surface area contributed by atoms with Crippen LogP contribution in [0.5, 0.6) is 0 Å². The van der Waals surface area contributed by atoms with Gasteiger partial charge in [-0.1, -0.05) is 62.4 Å². The van der Waals surface area contributed by atoms with Gasteiger partial charge in [-0.2, -0.15) is 0 Å². The molecule has 3 aromatic rings. The Morgan fingerprint density at radius 2 is 1.77 bits per heavy atom. The van der Waals surface area contributed by atoms with E-state index in [9.17, 15) is 9.90 Å². The quantitative estimate of drug-likeness (QED) is 0.404. The van der Waals surface area contributed by atoms with Crippen LogP contribution in [0.1, 0.15) is 25.0 Å². The van der Waals surface area contributed by atoms with Crippen LogP contribution < -0.4 is 10.6 Å². The summed E-state index contributed by atoms with van der Waals surface area (Å²) in [5, 5.41) is 17.0. The van der Waals surface area contributed by atoms with E-state index in [1.54, 1.807) is 0 Å². The highest BCUT2D eigenvalue weighted by Gasteiger charge is 2.20. The maximum Gasteiger partial charge on any atom is 0.315 e. The topological polar surface area (TPSA) is 80.4 Å². The van der Waals surface area contributed by atoms with Crippen molar-refractivity contribution in [2.45, 2.75) is 38.9 Å². The highest BCUT2D eigenvalue weighted by atomic mass is 16.3. The fraction of sp³-hybridized carbons (Fsp3) is 0.400. The van der Waals surface area contributed by atoms with Crippen molar-refractivity contribution in [2.24, 2.45) is 5.92 Å². The third-order valence-electron chi connectivity index (χ3n) is 5.62. The number of likely N-dealkylation sites (N-methyl/N-ethyl adjacent to an activating group) is 1. The van der Waals surface area contributed by atoms with Gasteiger partial charge in [0.05, 0.1) is 12.6 Å². The Morgan fingerprint density at radius 3 is 2.48 bits per heavy atom. The molecule has 0 saturated carbocycles. The zero-order chi connectivity index (χ0) is 22.2. The molecule has 4 N–H and O–H groups in total. The van der Waals surface area contributed by atoms with E-state index in [0.29, 0.717) is 6.42 Å². The number of nitrogens with one attached hydrogen (secondary N) is 3. The number of hydrogen-bond acceptors (Lipinski definition) is 3. The molecule has 0 bridgehead atoms. The minimum atomic E-state index is -0.353. The summed E-state index contributed by atoms with van der Waals surface area (Å²) >= 11 is 0. The molecule has 166 valence electrons. The van der Waals surface area contributed by atoms with E-state index in [-0.39, 0.29) is 30.6 Å². The third-order valence-corrected chi connectivity index (χ3v) is 5.62. The minimum absolute atomic E-state index is 0.00106. The van der Waals surface area contributed by atoms with E-state index in [1.807, 2.05) is 48.7 Å². The fourth-order valence-electron chi connectivity index (χ4n) is 3.84. The predicted octanol–water partition coefficient (Wildman–Crippen LogP) is 3.53. The lowest BCUT2D eigenvalue weighted by Gasteiger charge is -2.28. The number of aromatic nitrogens is 1. The van der Waals surface area contributed by atoms with Crippen molar-refractivity contribution in [3.63, 3.8) is 0 Å². The molecule has 6 heteroatoms. The molecule has 3 rings (SSSR count). The van der Waals surface area contributed by atoms with Gasteiger partial charge in [-0.3, -0.25) is 0 Å². The first-order valence-electron chi connectivity index (χ1n) is 10.9. The average Bonchev–Trinajstić information content (AvgIpc) is 3.16. The largest absolute Gasteiger partial charge is 0.394 e. The average molecular weight is 423 g/mol. The van der Waals surface area contributed by atoms with Gasteiger partial charge in [-0.25, -0.2) is 4.79 Å². The summed E-state index contributed by atoms with van der Waals surface area (Å²) in [4.78, 5) is 18.2. The van der Waals surface area contributed by atoms with Crippen LogP contribution >= 0.6 is 0 Å². The van der Waals surface area contributed by atoms with Crippen LogP contribution in [0.3, 0.4) is 0 Å². The number of rotatable bonds is 10. The molecule has 2 amide bonds. The summed E-state index contributed by atoms with van der Waals surface area (Å²) < 4.78 is 0. The van der Waals surface area contributed by atoms with Crippen molar-refractivity contribution in [3.8, 4) is 0 Å². The molecule has 0 spiro atoms. The zero-order valence-corrected chi connectivity index (χ0v) is 18.6. The number of hydrogen-bond donors (Lipinski definition) is 4. The summed E-state index contributed by atoms with van der Waals surface area (Å²) in [6.45, 7) is 5.67.